The van der Waals surface area contributed by atoms with Gasteiger partial charge in [-0.25, -0.2) is 4.79 Å². The van der Waals surface area contributed by atoms with Crippen molar-refractivity contribution in [2.45, 2.75) is 39.7 Å². The summed E-state index contributed by atoms with van der Waals surface area (Å²) in [5.74, 6) is -1.39. The van der Waals surface area contributed by atoms with Gasteiger partial charge >= 0.3 is 11.9 Å². The van der Waals surface area contributed by atoms with E-state index in [-0.39, 0.29) is 24.0 Å². The van der Waals surface area contributed by atoms with Crippen LogP contribution in [0.25, 0.3) is 0 Å². The number of carbonyl (C=O) groups is 3. The van der Waals surface area contributed by atoms with Gasteiger partial charge in [-0.1, -0.05) is 13.8 Å². The number of carboxylic acids is 2. The summed E-state index contributed by atoms with van der Waals surface area (Å²) in [4.78, 5) is 30.8. The molecular weight excluding hydrogens is 296 g/mol. The number of nitrogens with one attached hydrogen (secondary N) is 1. The molecule has 0 saturated heterocycles. The Balaban J connectivity index is 0. The van der Waals surface area contributed by atoms with E-state index in [1.54, 1.807) is 0 Å². The zero-order valence-electron chi connectivity index (χ0n) is 12.7. The molecule has 5 N–H and O–H groups in total. The molecule has 7 nitrogen and oxygen atoms in total. The van der Waals surface area contributed by atoms with Gasteiger partial charge in [0.25, 0.3) is 0 Å². The topological polar surface area (TPSA) is 130 Å². The van der Waals surface area contributed by atoms with Crippen LogP contribution in [-0.4, -0.2) is 46.4 Å². The van der Waals surface area contributed by atoms with Crippen molar-refractivity contribution in [3.05, 3.63) is 0 Å². The van der Waals surface area contributed by atoms with Gasteiger partial charge in [-0.15, -0.1) is 0 Å². The highest BCUT2D eigenvalue weighted by Crippen LogP contribution is 2.13. The Morgan fingerprint density at radius 1 is 1.24 bits per heavy atom. The van der Waals surface area contributed by atoms with Gasteiger partial charge in [-0.3, -0.25) is 9.59 Å². The number of carbonyl (C=O) groups excluding carboxylic acids is 1. The minimum absolute atomic E-state index is 0.106. The molecule has 1 amide bonds. The predicted molar refractivity (Wildman–Crippen MR) is 83.3 cm³/mol. The quantitative estimate of drug-likeness (QED) is 0.416. The van der Waals surface area contributed by atoms with Crippen molar-refractivity contribution in [3.63, 3.8) is 0 Å². The molecule has 0 saturated carbocycles. The fourth-order valence-electron chi connectivity index (χ4n) is 1.61. The van der Waals surface area contributed by atoms with Crippen LogP contribution in [-0.2, 0) is 14.4 Å². The van der Waals surface area contributed by atoms with Crippen LogP contribution >= 0.6 is 12.6 Å². The van der Waals surface area contributed by atoms with Crippen molar-refractivity contribution in [2.24, 2.45) is 17.6 Å². The highest BCUT2D eigenvalue weighted by Gasteiger charge is 2.15. The van der Waals surface area contributed by atoms with Crippen LogP contribution in [0.4, 0.5) is 0 Å². The molecule has 0 rings (SSSR count). The van der Waals surface area contributed by atoms with Gasteiger partial charge in [0, 0.05) is 19.1 Å². The summed E-state index contributed by atoms with van der Waals surface area (Å²) in [7, 11) is 0. The molecule has 0 aromatic rings. The molecule has 124 valence electrons. The lowest BCUT2D eigenvalue weighted by atomic mass is 9.94. The molecule has 0 aliphatic carbocycles. The third-order valence-electron chi connectivity index (χ3n) is 2.46. The second kappa shape index (κ2) is 12.5. The molecule has 2 atom stereocenters. The van der Waals surface area contributed by atoms with E-state index < -0.39 is 18.0 Å². The Morgan fingerprint density at radius 2 is 1.76 bits per heavy atom. The smallest absolute Gasteiger partial charge is 0.327 e. The van der Waals surface area contributed by atoms with E-state index in [9.17, 15) is 14.4 Å². The van der Waals surface area contributed by atoms with Crippen molar-refractivity contribution in [1.29, 1.82) is 0 Å². The molecule has 8 heteroatoms. The van der Waals surface area contributed by atoms with Crippen molar-refractivity contribution in [2.75, 3.05) is 12.3 Å². The van der Waals surface area contributed by atoms with Gasteiger partial charge in [0.15, 0.2) is 0 Å². The monoisotopic (exact) mass is 322 g/mol. The van der Waals surface area contributed by atoms with Crippen molar-refractivity contribution in [3.8, 4) is 0 Å². The standard InChI is InChI=1S/C8H17NO2.C5H9NO3S/c1-6(2)3-7(5-9)4-8(10)11;1-3(7)6-4(2-10)5(8)9/h6-7H,3-5,9H2,1-2H3,(H,10,11);4,10H,2H2,1H3,(H,6,7)(H,8,9)/t7-;/m0./s1. The maximum Gasteiger partial charge on any atom is 0.327 e. The van der Waals surface area contributed by atoms with E-state index in [1.807, 2.05) is 0 Å². The van der Waals surface area contributed by atoms with Crippen molar-refractivity contribution < 1.29 is 24.6 Å². The summed E-state index contributed by atoms with van der Waals surface area (Å²) in [6.45, 7) is 5.89. The van der Waals surface area contributed by atoms with Gasteiger partial charge in [0.1, 0.15) is 6.04 Å². The number of amides is 1. The lowest BCUT2D eigenvalue weighted by Crippen LogP contribution is -2.40. The van der Waals surface area contributed by atoms with Gasteiger partial charge in [-0.2, -0.15) is 12.6 Å². The highest BCUT2D eigenvalue weighted by atomic mass is 32.1. The Kier molecular flexibility index (Phi) is 13.1. The number of rotatable bonds is 8. The third-order valence-corrected chi connectivity index (χ3v) is 2.82. The maximum atomic E-state index is 10.3. The molecule has 0 spiro atoms. The number of thiol groups is 1. The normalized spacial score (nSPS) is 12.9. The highest BCUT2D eigenvalue weighted by molar-refractivity contribution is 7.80. The first-order chi connectivity index (χ1) is 9.63. The molecule has 0 fully saturated rings. The van der Waals surface area contributed by atoms with Crippen molar-refractivity contribution >= 4 is 30.5 Å². The minimum Gasteiger partial charge on any atom is -0.481 e. The second-order valence-corrected chi connectivity index (χ2v) is 5.47. The SMILES string of the molecule is CC(=O)NC(CS)C(=O)O.CC(C)C[C@H](CN)CC(=O)O. The Hall–Kier alpha value is -1.28. The average molecular weight is 322 g/mol. The Bertz CT molecular complexity index is 337. The van der Waals surface area contributed by atoms with E-state index in [2.05, 4.69) is 31.8 Å². The molecule has 0 aliphatic rings. The van der Waals surface area contributed by atoms with E-state index >= 15 is 0 Å². The molecule has 1 unspecified atom stereocenters. The molecule has 0 aromatic heterocycles. The number of carboxylic acid groups (broad SMARTS) is 2. The van der Waals surface area contributed by atoms with Gasteiger partial charge < -0.3 is 21.3 Å². The molecule has 0 bridgehead atoms. The van der Waals surface area contributed by atoms with Gasteiger partial charge in [0.2, 0.25) is 5.91 Å². The zero-order valence-corrected chi connectivity index (χ0v) is 13.6. The van der Waals surface area contributed by atoms with Crippen LogP contribution in [0, 0.1) is 11.8 Å². The third kappa shape index (κ3) is 14.9. The van der Waals surface area contributed by atoms with Crippen LogP contribution < -0.4 is 11.1 Å². The van der Waals surface area contributed by atoms with Crippen LogP contribution in [0.2, 0.25) is 0 Å². The summed E-state index contributed by atoms with van der Waals surface area (Å²) in [5, 5.41) is 19.0. The summed E-state index contributed by atoms with van der Waals surface area (Å²) < 4.78 is 0. The van der Waals surface area contributed by atoms with E-state index in [0.29, 0.717) is 12.5 Å². The predicted octanol–water partition coefficient (Wildman–Crippen LogP) is 0.588. The Morgan fingerprint density at radius 3 is 1.95 bits per heavy atom. The molecule has 0 heterocycles. The van der Waals surface area contributed by atoms with Crippen LogP contribution in [0.1, 0.15) is 33.6 Å². The van der Waals surface area contributed by atoms with Crippen LogP contribution in [0.15, 0.2) is 0 Å². The van der Waals surface area contributed by atoms with E-state index in [1.165, 1.54) is 6.92 Å². The average Bonchev–Trinajstić information content (AvgIpc) is 2.34. The number of nitrogens with two attached hydrogens (primary N) is 1. The first-order valence-electron chi connectivity index (χ1n) is 6.66. The summed E-state index contributed by atoms with van der Waals surface area (Å²) in [5.41, 5.74) is 5.41. The fraction of sp³-hybridized carbons (Fsp3) is 0.769. The van der Waals surface area contributed by atoms with Crippen LogP contribution in [0.3, 0.4) is 0 Å². The summed E-state index contributed by atoms with van der Waals surface area (Å²) in [6, 6.07) is -0.874. The first kappa shape index (κ1) is 22.0. The van der Waals surface area contributed by atoms with E-state index in [4.69, 9.17) is 15.9 Å². The van der Waals surface area contributed by atoms with E-state index in [0.717, 1.165) is 6.42 Å². The minimum atomic E-state index is -1.06. The second-order valence-electron chi connectivity index (χ2n) is 5.10. The molecular formula is C13H26N2O5S. The molecule has 0 radical (unpaired) electrons. The number of hydrogen-bond donors (Lipinski definition) is 5. The summed E-state index contributed by atoms with van der Waals surface area (Å²) >= 11 is 3.73. The lowest BCUT2D eigenvalue weighted by molar-refractivity contribution is -0.140. The number of hydrogen-bond acceptors (Lipinski definition) is 5. The molecule has 0 aromatic carbocycles. The molecule has 21 heavy (non-hydrogen) atoms. The number of aliphatic carboxylic acids is 2. The van der Waals surface area contributed by atoms with Gasteiger partial charge in [0.05, 0.1) is 0 Å². The fourth-order valence-corrected chi connectivity index (χ4v) is 1.85. The zero-order chi connectivity index (χ0) is 17.0. The summed E-state index contributed by atoms with van der Waals surface area (Å²) in [6.07, 6.45) is 1.11. The first-order valence-corrected chi connectivity index (χ1v) is 7.29. The lowest BCUT2D eigenvalue weighted by Gasteiger charge is -2.13. The van der Waals surface area contributed by atoms with Crippen molar-refractivity contribution in [1.82, 2.24) is 5.32 Å². The Labute approximate surface area is 130 Å². The largest absolute Gasteiger partial charge is 0.481 e. The van der Waals surface area contributed by atoms with Gasteiger partial charge in [-0.05, 0) is 24.8 Å². The maximum absolute atomic E-state index is 10.3. The van der Waals surface area contributed by atoms with Crippen LogP contribution in [0.5, 0.6) is 0 Å². The molecule has 0 aliphatic heterocycles.